The lowest BCUT2D eigenvalue weighted by Gasteiger charge is -2.30. The van der Waals surface area contributed by atoms with Gasteiger partial charge in [-0.25, -0.2) is 4.39 Å². The molecule has 0 aliphatic carbocycles. The minimum atomic E-state index is -0.567. The second-order valence-electron chi connectivity index (χ2n) is 8.41. The summed E-state index contributed by atoms with van der Waals surface area (Å²) in [5, 5.41) is 4.98. The van der Waals surface area contributed by atoms with E-state index in [4.69, 9.17) is 4.74 Å². The van der Waals surface area contributed by atoms with Crippen molar-refractivity contribution < 1.29 is 18.7 Å². The third kappa shape index (κ3) is 4.35. The Morgan fingerprint density at radius 2 is 1.76 bits per heavy atom. The van der Waals surface area contributed by atoms with Gasteiger partial charge in [-0.3, -0.25) is 9.59 Å². The fourth-order valence-corrected chi connectivity index (χ4v) is 4.35. The van der Waals surface area contributed by atoms with E-state index in [0.717, 1.165) is 21.9 Å². The largest absolute Gasteiger partial charge is 0.484 e. The molecule has 2 amide bonds. The Morgan fingerprint density at radius 1 is 1.00 bits per heavy atom. The molecule has 1 unspecified atom stereocenters. The quantitative estimate of drug-likeness (QED) is 0.459. The van der Waals surface area contributed by atoms with Crippen molar-refractivity contribution in [3.8, 4) is 5.75 Å². The lowest BCUT2D eigenvalue weighted by atomic mass is 9.94. The van der Waals surface area contributed by atoms with Gasteiger partial charge in [-0.2, -0.15) is 0 Å². The third-order valence-electron chi connectivity index (χ3n) is 5.99. The number of nitrogens with one attached hydrogen (secondary N) is 1. The van der Waals surface area contributed by atoms with E-state index in [9.17, 15) is 14.0 Å². The van der Waals surface area contributed by atoms with Crippen LogP contribution in [-0.2, 0) is 9.59 Å². The number of halogens is 1. The summed E-state index contributed by atoms with van der Waals surface area (Å²) in [6.07, 6.45) is 0. The molecule has 0 fully saturated rings. The molecule has 5 nitrogen and oxygen atoms in total. The minimum absolute atomic E-state index is 0.143. The van der Waals surface area contributed by atoms with Crippen LogP contribution in [0.1, 0.15) is 22.7 Å². The van der Waals surface area contributed by atoms with Crippen molar-refractivity contribution in [2.45, 2.75) is 13.0 Å². The van der Waals surface area contributed by atoms with Crippen LogP contribution in [0.5, 0.6) is 5.75 Å². The van der Waals surface area contributed by atoms with E-state index in [2.05, 4.69) is 5.32 Å². The van der Waals surface area contributed by atoms with E-state index in [1.54, 1.807) is 12.1 Å². The number of benzene rings is 4. The first-order valence-electron chi connectivity index (χ1n) is 11.0. The zero-order chi connectivity index (χ0) is 23.7. The number of rotatable bonds is 4. The standard InChI is InChI=1S/C28H23FN2O3/c1-18-6-13-25-24(14-18)28(20-7-10-22(29)11-8-20)31(16-26(32)30-25)27(33)17-34-23-12-9-19-4-2-3-5-21(19)15-23/h2-15,28H,16-17H2,1H3,(H,30,32). The summed E-state index contributed by atoms with van der Waals surface area (Å²) in [7, 11) is 0. The summed E-state index contributed by atoms with van der Waals surface area (Å²) in [5.74, 6) is -0.435. The number of nitrogens with zero attached hydrogens (tertiary/aromatic N) is 1. The number of ether oxygens (including phenoxy) is 1. The molecule has 4 aromatic carbocycles. The Balaban J connectivity index is 1.48. The van der Waals surface area contributed by atoms with E-state index < -0.39 is 6.04 Å². The second kappa shape index (κ2) is 8.98. The van der Waals surface area contributed by atoms with E-state index in [-0.39, 0.29) is 30.8 Å². The third-order valence-corrected chi connectivity index (χ3v) is 5.99. The van der Waals surface area contributed by atoms with Crippen LogP contribution in [0, 0.1) is 12.7 Å². The first-order chi connectivity index (χ1) is 16.5. The average Bonchev–Trinajstić information content (AvgIpc) is 2.98. The fourth-order valence-electron chi connectivity index (χ4n) is 4.35. The molecule has 0 spiro atoms. The lowest BCUT2D eigenvalue weighted by molar-refractivity contribution is -0.138. The van der Waals surface area contributed by atoms with Crippen molar-refractivity contribution in [2.24, 2.45) is 0 Å². The fraction of sp³-hybridized carbons (Fsp3) is 0.143. The molecule has 1 N–H and O–H groups in total. The normalized spacial score (nSPS) is 15.4. The Kier molecular flexibility index (Phi) is 5.72. The topological polar surface area (TPSA) is 58.6 Å². The lowest BCUT2D eigenvalue weighted by Crippen LogP contribution is -2.41. The molecule has 1 aliphatic rings. The molecule has 0 aromatic heterocycles. The molecule has 5 rings (SSSR count). The summed E-state index contributed by atoms with van der Waals surface area (Å²) in [6.45, 7) is 1.57. The van der Waals surface area contributed by atoms with Crippen molar-refractivity contribution in [1.29, 1.82) is 0 Å². The van der Waals surface area contributed by atoms with Crippen LogP contribution < -0.4 is 10.1 Å². The summed E-state index contributed by atoms with van der Waals surface area (Å²) in [6, 6.07) is 24.7. The molecule has 1 heterocycles. The second-order valence-corrected chi connectivity index (χ2v) is 8.41. The summed E-state index contributed by atoms with van der Waals surface area (Å²) in [5.41, 5.74) is 3.11. The van der Waals surface area contributed by atoms with Gasteiger partial charge in [-0.1, -0.05) is 60.2 Å². The Hall–Kier alpha value is -4.19. The van der Waals surface area contributed by atoms with Crippen molar-refractivity contribution in [2.75, 3.05) is 18.5 Å². The van der Waals surface area contributed by atoms with Crippen molar-refractivity contribution in [1.82, 2.24) is 4.90 Å². The van der Waals surface area contributed by atoms with Crippen LogP contribution in [0.3, 0.4) is 0 Å². The van der Waals surface area contributed by atoms with Gasteiger partial charge in [0, 0.05) is 11.3 Å². The molecule has 0 bridgehead atoms. The predicted molar refractivity (Wildman–Crippen MR) is 129 cm³/mol. The molecule has 34 heavy (non-hydrogen) atoms. The number of carbonyl (C=O) groups excluding carboxylic acids is 2. The molecule has 1 atom stereocenters. The van der Waals surface area contributed by atoms with E-state index in [1.165, 1.54) is 17.0 Å². The molecule has 0 saturated heterocycles. The maximum Gasteiger partial charge on any atom is 0.261 e. The Labute approximate surface area is 196 Å². The minimum Gasteiger partial charge on any atom is -0.484 e. The first-order valence-corrected chi connectivity index (χ1v) is 11.0. The monoisotopic (exact) mass is 454 g/mol. The zero-order valence-corrected chi connectivity index (χ0v) is 18.6. The maximum atomic E-state index is 13.7. The highest BCUT2D eigenvalue weighted by Gasteiger charge is 2.33. The van der Waals surface area contributed by atoms with E-state index in [1.807, 2.05) is 67.6 Å². The molecule has 4 aromatic rings. The molecular weight excluding hydrogens is 431 g/mol. The number of anilines is 1. The molecule has 170 valence electrons. The van der Waals surface area contributed by atoms with Crippen molar-refractivity contribution in [3.05, 3.63) is 107 Å². The highest BCUT2D eigenvalue weighted by Crippen LogP contribution is 2.36. The Bertz CT molecular complexity index is 1380. The van der Waals surface area contributed by atoms with Gasteiger partial charge >= 0.3 is 0 Å². The van der Waals surface area contributed by atoms with Gasteiger partial charge in [0.05, 0.1) is 6.04 Å². The van der Waals surface area contributed by atoms with Crippen LogP contribution >= 0.6 is 0 Å². The van der Waals surface area contributed by atoms with Gasteiger partial charge < -0.3 is 15.0 Å². The van der Waals surface area contributed by atoms with Gasteiger partial charge in [-0.05, 0) is 53.6 Å². The molecule has 0 saturated carbocycles. The first kappa shape index (κ1) is 21.6. The predicted octanol–water partition coefficient (Wildman–Crippen LogP) is 5.24. The van der Waals surface area contributed by atoms with Gasteiger partial charge in [0.1, 0.15) is 18.1 Å². The van der Waals surface area contributed by atoms with E-state index in [0.29, 0.717) is 17.0 Å². The van der Waals surface area contributed by atoms with Gasteiger partial charge in [0.2, 0.25) is 5.91 Å². The van der Waals surface area contributed by atoms with Gasteiger partial charge in [0.15, 0.2) is 6.61 Å². The molecule has 1 aliphatic heterocycles. The van der Waals surface area contributed by atoms with Crippen molar-refractivity contribution >= 4 is 28.3 Å². The van der Waals surface area contributed by atoms with E-state index >= 15 is 0 Å². The van der Waals surface area contributed by atoms with Crippen LogP contribution in [0.25, 0.3) is 10.8 Å². The zero-order valence-electron chi connectivity index (χ0n) is 18.6. The number of fused-ring (bicyclic) bond motifs is 2. The highest BCUT2D eigenvalue weighted by molar-refractivity contribution is 5.97. The number of carbonyl (C=O) groups is 2. The van der Waals surface area contributed by atoms with Crippen LogP contribution in [-0.4, -0.2) is 29.9 Å². The van der Waals surface area contributed by atoms with Crippen LogP contribution in [0.15, 0.2) is 84.9 Å². The number of hydrogen-bond acceptors (Lipinski definition) is 3. The summed E-state index contributed by atoms with van der Waals surface area (Å²) >= 11 is 0. The highest BCUT2D eigenvalue weighted by atomic mass is 19.1. The average molecular weight is 455 g/mol. The summed E-state index contributed by atoms with van der Waals surface area (Å²) < 4.78 is 19.5. The Morgan fingerprint density at radius 3 is 2.56 bits per heavy atom. The molecule has 6 heteroatoms. The van der Waals surface area contributed by atoms with Crippen LogP contribution in [0.4, 0.5) is 10.1 Å². The number of hydrogen-bond donors (Lipinski definition) is 1. The molecule has 0 radical (unpaired) electrons. The van der Waals surface area contributed by atoms with Gasteiger partial charge in [0.25, 0.3) is 5.91 Å². The maximum absolute atomic E-state index is 13.7. The van der Waals surface area contributed by atoms with Crippen LogP contribution in [0.2, 0.25) is 0 Å². The number of aryl methyl sites for hydroxylation is 1. The SMILES string of the molecule is Cc1ccc2c(c1)C(c1ccc(F)cc1)N(C(=O)COc1ccc3ccccc3c1)CC(=O)N2. The van der Waals surface area contributed by atoms with Gasteiger partial charge in [-0.15, -0.1) is 0 Å². The summed E-state index contributed by atoms with van der Waals surface area (Å²) in [4.78, 5) is 27.6. The number of amides is 2. The smallest absolute Gasteiger partial charge is 0.261 e. The van der Waals surface area contributed by atoms with Crippen molar-refractivity contribution in [3.63, 3.8) is 0 Å². The molecular formula is C28H23FN2O3.